The summed E-state index contributed by atoms with van der Waals surface area (Å²) in [7, 11) is 1.47. The number of anilines is 1. The zero-order chi connectivity index (χ0) is 17.0. The summed E-state index contributed by atoms with van der Waals surface area (Å²) >= 11 is 11.9. The molecule has 1 aromatic carbocycles. The number of aromatic nitrogens is 2. The molecule has 0 fully saturated rings. The molecule has 0 aliphatic rings. The molecular formula is C14H13Cl2FN4O2. The molecule has 1 aromatic heterocycles. The van der Waals surface area contributed by atoms with Crippen molar-refractivity contribution in [3.63, 3.8) is 0 Å². The van der Waals surface area contributed by atoms with Gasteiger partial charge in [-0.15, -0.1) is 10.2 Å². The Labute approximate surface area is 141 Å². The van der Waals surface area contributed by atoms with Gasteiger partial charge in [-0.2, -0.15) is 0 Å². The van der Waals surface area contributed by atoms with Crippen molar-refractivity contribution < 1.29 is 13.9 Å². The van der Waals surface area contributed by atoms with E-state index in [1.54, 1.807) is 0 Å². The highest BCUT2D eigenvalue weighted by Crippen LogP contribution is 2.28. The van der Waals surface area contributed by atoms with Crippen molar-refractivity contribution in [2.24, 2.45) is 0 Å². The van der Waals surface area contributed by atoms with Crippen molar-refractivity contribution in [1.29, 1.82) is 0 Å². The number of hydrogen-bond acceptors (Lipinski definition) is 5. The summed E-state index contributed by atoms with van der Waals surface area (Å²) in [6, 6.07) is 3.98. The molecule has 3 N–H and O–H groups in total. The zero-order valence-corrected chi connectivity index (χ0v) is 13.6. The highest BCUT2D eigenvalue weighted by atomic mass is 35.5. The minimum Gasteiger partial charge on any atom is -0.489 e. The van der Waals surface area contributed by atoms with Gasteiger partial charge in [-0.05, 0) is 17.7 Å². The molecule has 0 aliphatic heterocycles. The number of benzene rings is 1. The molecule has 0 saturated heterocycles. The van der Waals surface area contributed by atoms with Crippen LogP contribution in [0.1, 0.15) is 16.1 Å². The Hall–Kier alpha value is -2.12. The number of nitrogens with one attached hydrogen (secondary N) is 1. The topological polar surface area (TPSA) is 90.1 Å². The lowest BCUT2D eigenvalue weighted by Gasteiger charge is -2.11. The lowest BCUT2D eigenvalue weighted by atomic mass is 10.1. The Balaban J connectivity index is 2.10. The summed E-state index contributed by atoms with van der Waals surface area (Å²) in [5, 5.41) is 10.0. The fraction of sp³-hybridized carbons (Fsp3) is 0.214. The van der Waals surface area contributed by atoms with Crippen molar-refractivity contribution in [3.05, 3.63) is 45.3 Å². The molecule has 2 rings (SSSR count). The lowest BCUT2D eigenvalue weighted by Crippen LogP contribution is -2.20. The molecule has 0 radical (unpaired) electrons. The van der Waals surface area contributed by atoms with E-state index in [0.29, 0.717) is 10.6 Å². The van der Waals surface area contributed by atoms with Crippen LogP contribution in [0.3, 0.4) is 0 Å². The largest absolute Gasteiger partial charge is 0.489 e. The standard InChI is InChI=1S/C14H13Cl2FN4O2/c1-19-14(22)10-6-11(13(18)21-20-10)23-5-4-7-8(15)2-3-9(17)12(7)16/h2-3,6H,4-5H2,1H3,(H2,18,21)(H,19,22). The first-order chi connectivity index (χ1) is 10.9. The number of nitrogens with two attached hydrogens (primary N) is 1. The van der Waals surface area contributed by atoms with E-state index in [1.165, 1.54) is 25.2 Å². The highest BCUT2D eigenvalue weighted by molar-refractivity contribution is 6.36. The van der Waals surface area contributed by atoms with Crippen molar-refractivity contribution in [2.45, 2.75) is 6.42 Å². The van der Waals surface area contributed by atoms with Crippen LogP contribution in [0.5, 0.6) is 5.75 Å². The summed E-state index contributed by atoms with van der Waals surface area (Å²) in [5.41, 5.74) is 6.15. The maximum atomic E-state index is 13.4. The van der Waals surface area contributed by atoms with Gasteiger partial charge in [0, 0.05) is 24.6 Å². The smallest absolute Gasteiger partial charge is 0.271 e. The number of nitrogen functional groups attached to an aromatic ring is 1. The maximum Gasteiger partial charge on any atom is 0.271 e. The fourth-order valence-electron chi connectivity index (χ4n) is 1.80. The minimum absolute atomic E-state index is 0.0362. The monoisotopic (exact) mass is 358 g/mol. The molecule has 0 atom stereocenters. The third-order valence-corrected chi connectivity index (χ3v) is 3.76. The number of ether oxygens (including phenoxy) is 1. The second-order valence-electron chi connectivity index (χ2n) is 4.48. The number of nitrogens with zero attached hydrogens (tertiary/aromatic N) is 2. The molecule has 2 aromatic rings. The number of hydrogen-bond donors (Lipinski definition) is 2. The molecule has 6 nitrogen and oxygen atoms in total. The van der Waals surface area contributed by atoms with Crippen LogP contribution in [0.4, 0.5) is 10.2 Å². The molecule has 1 heterocycles. The first-order valence-electron chi connectivity index (χ1n) is 6.54. The Morgan fingerprint density at radius 1 is 1.39 bits per heavy atom. The predicted octanol–water partition coefficient (Wildman–Crippen LogP) is 2.49. The Kier molecular flexibility index (Phi) is 5.57. The third-order valence-electron chi connectivity index (χ3n) is 2.99. The van der Waals surface area contributed by atoms with E-state index in [2.05, 4.69) is 15.5 Å². The number of amides is 1. The van der Waals surface area contributed by atoms with E-state index in [4.69, 9.17) is 33.7 Å². The van der Waals surface area contributed by atoms with Gasteiger partial charge in [0.25, 0.3) is 5.91 Å². The SMILES string of the molecule is CNC(=O)c1cc(OCCc2c(Cl)ccc(F)c2Cl)c(N)nn1. The van der Waals surface area contributed by atoms with Crippen LogP contribution in [0.2, 0.25) is 10.0 Å². The van der Waals surface area contributed by atoms with E-state index < -0.39 is 11.7 Å². The van der Waals surface area contributed by atoms with Crippen molar-refractivity contribution in [2.75, 3.05) is 19.4 Å². The fourth-order valence-corrected chi connectivity index (χ4v) is 2.36. The van der Waals surface area contributed by atoms with E-state index >= 15 is 0 Å². The number of carbonyl (C=O) groups is 1. The van der Waals surface area contributed by atoms with Crippen LogP contribution in [0.25, 0.3) is 0 Å². The maximum absolute atomic E-state index is 13.4. The van der Waals surface area contributed by atoms with Gasteiger partial charge >= 0.3 is 0 Å². The third kappa shape index (κ3) is 4.00. The summed E-state index contributed by atoms with van der Waals surface area (Å²) in [5.74, 6) is -0.743. The van der Waals surface area contributed by atoms with E-state index in [1.807, 2.05) is 0 Å². The van der Waals surface area contributed by atoms with Crippen molar-refractivity contribution >= 4 is 34.9 Å². The Morgan fingerprint density at radius 3 is 2.83 bits per heavy atom. The summed E-state index contributed by atoms with van der Waals surface area (Å²) < 4.78 is 18.9. The quantitative estimate of drug-likeness (QED) is 0.801. The van der Waals surface area contributed by atoms with E-state index in [0.717, 1.165) is 0 Å². The van der Waals surface area contributed by atoms with Crippen molar-refractivity contribution in [3.8, 4) is 5.75 Å². The molecule has 1 amide bonds. The zero-order valence-electron chi connectivity index (χ0n) is 12.1. The van der Waals surface area contributed by atoms with Crippen LogP contribution in [0.15, 0.2) is 18.2 Å². The molecule has 0 spiro atoms. The number of rotatable bonds is 5. The van der Waals surface area contributed by atoms with Crippen LogP contribution < -0.4 is 15.8 Å². The van der Waals surface area contributed by atoms with Gasteiger partial charge in [-0.3, -0.25) is 4.79 Å². The summed E-state index contributed by atoms with van der Waals surface area (Å²) in [4.78, 5) is 11.5. The van der Waals surface area contributed by atoms with Gasteiger partial charge in [0.1, 0.15) is 5.82 Å². The molecule has 9 heteroatoms. The van der Waals surface area contributed by atoms with E-state index in [9.17, 15) is 9.18 Å². The molecule has 0 unspecified atom stereocenters. The van der Waals surface area contributed by atoms with Crippen LogP contribution >= 0.6 is 23.2 Å². The van der Waals surface area contributed by atoms with Crippen LogP contribution in [0, 0.1) is 5.82 Å². The highest BCUT2D eigenvalue weighted by Gasteiger charge is 2.13. The molecule has 23 heavy (non-hydrogen) atoms. The second kappa shape index (κ2) is 7.43. The van der Waals surface area contributed by atoms with Gasteiger partial charge in [-0.1, -0.05) is 23.2 Å². The summed E-state index contributed by atoms with van der Waals surface area (Å²) in [6.07, 6.45) is 0.256. The van der Waals surface area contributed by atoms with E-state index in [-0.39, 0.29) is 35.3 Å². The molecule has 0 bridgehead atoms. The van der Waals surface area contributed by atoms with Gasteiger partial charge in [0.15, 0.2) is 17.3 Å². The molecular weight excluding hydrogens is 346 g/mol. The Morgan fingerprint density at radius 2 is 2.13 bits per heavy atom. The Bertz CT molecular complexity index is 743. The van der Waals surface area contributed by atoms with Crippen molar-refractivity contribution in [1.82, 2.24) is 15.5 Å². The molecule has 0 aliphatic carbocycles. The average molecular weight is 359 g/mol. The predicted molar refractivity (Wildman–Crippen MR) is 85.5 cm³/mol. The second-order valence-corrected chi connectivity index (χ2v) is 5.26. The van der Waals surface area contributed by atoms with Gasteiger partial charge in [-0.25, -0.2) is 4.39 Å². The molecule has 0 saturated carbocycles. The van der Waals surface area contributed by atoms with Gasteiger partial charge < -0.3 is 15.8 Å². The molecule has 122 valence electrons. The van der Waals surface area contributed by atoms with Crippen LogP contribution in [-0.4, -0.2) is 29.8 Å². The normalized spacial score (nSPS) is 10.4. The first-order valence-corrected chi connectivity index (χ1v) is 7.30. The van der Waals surface area contributed by atoms with Gasteiger partial charge in [0.2, 0.25) is 0 Å². The van der Waals surface area contributed by atoms with Gasteiger partial charge in [0.05, 0.1) is 11.6 Å². The number of carbonyl (C=O) groups excluding carboxylic acids is 1. The van der Waals surface area contributed by atoms with Crippen LogP contribution in [-0.2, 0) is 6.42 Å². The number of halogens is 3. The minimum atomic E-state index is -0.557. The summed E-state index contributed by atoms with van der Waals surface area (Å²) in [6.45, 7) is 0.117. The lowest BCUT2D eigenvalue weighted by molar-refractivity contribution is 0.0956. The average Bonchev–Trinajstić information content (AvgIpc) is 2.55. The first kappa shape index (κ1) is 17.2.